The Morgan fingerprint density at radius 2 is 1.56 bits per heavy atom. The molecule has 3 saturated heterocycles. The second kappa shape index (κ2) is 11.6. The van der Waals surface area contributed by atoms with Crippen LogP contribution in [0.4, 0.5) is 0 Å². The smallest absolute Gasteiger partial charge is 0.348 e. The van der Waals surface area contributed by atoms with Gasteiger partial charge in [0.1, 0.15) is 25.4 Å². The molecule has 0 aromatic heterocycles. The Balaban J connectivity index is 0.00000304. The third-order valence-corrected chi connectivity index (χ3v) is 8.28. The van der Waals surface area contributed by atoms with E-state index in [1.54, 1.807) is 24.3 Å². The van der Waals surface area contributed by atoms with Crippen LogP contribution in [0.3, 0.4) is 0 Å². The Morgan fingerprint density at radius 1 is 0.944 bits per heavy atom. The van der Waals surface area contributed by atoms with Gasteiger partial charge in [-0.25, -0.2) is 4.79 Å². The Kier molecular flexibility index (Phi) is 8.75. The van der Waals surface area contributed by atoms with E-state index < -0.39 is 11.6 Å². The summed E-state index contributed by atoms with van der Waals surface area (Å²) in [7, 11) is 0. The van der Waals surface area contributed by atoms with E-state index in [0.717, 1.165) is 52.8 Å². The first kappa shape index (κ1) is 27.1. The van der Waals surface area contributed by atoms with Crippen LogP contribution < -0.4 is 21.7 Å². The monoisotopic (exact) mass is 663 g/mol. The summed E-state index contributed by atoms with van der Waals surface area (Å²) >= 11 is 2.29. The highest BCUT2D eigenvalue weighted by molar-refractivity contribution is 14.1. The summed E-state index contributed by atoms with van der Waals surface area (Å²) in [6.07, 6.45) is 1.84. The third kappa shape index (κ3) is 5.64. The second-order valence-corrected chi connectivity index (χ2v) is 11.0. The van der Waals surface area contributed by atoms with Crippen molar-refractivity contribution in [1.29, 1.82) is 0 Å². The number of hydrogen-bond donors (Lipinski definition) is 1. The van der Waals surface area contributed by atoms with Gasteiger partial charge in [-0.2, -0.15) is 0 Å². The molecule has 36 heavy (non-hydrogen) atoms. The molecule has 5 nitrogen and oxygen atoms in total. The van der Waals surface area contributed by atoms with Crippen LogP contribution in [0.1, 0.15) is 24.0 Å². The van der Waals surface area contributed by atoms with Gasteiger partial charge in [-0.3, -0.25) is 0 Å². The van der Waals surface area contributed by atoms with Crippen molar-refractivity contribution in [2.75, 3.05) is 32.8 Å². The van der Waals surface area contributed by atoms with Gasteiger partial charge >= 0.3 is 5.97 Å². The zero-order valence-electron chi connectivity index (χ0n) is 20.1. The largest absolute Gasteiger partial charge is 1.00 e. The van der Waals surface area contributed by atoms with Gasteiger partial charge in [0.15, 0.2) is 6.10 Å². The minimum Gasteiger partial charge on any atom is -1.00 e. The van der Waals surface area contributed by atoms with Crippen molar-refractivity contribution >= 4 is 28.6 Å². The number of rotatable bonds is 8. The van der Waals surface area contributed by atoms with Crippen molar-refractivity contribution in [1.82, 2.24) is 0 Å². The Labute approximate surface area is 236 Å². The number of carbonyl (C=O) groups is 1. The number of benzene rings is 3. The summed E-state index contributed by atoms with van der Waals surface area (Å²) in [5, 5.41) is 11.8. The molecule has 3 aliphatic rings. The van der Waals surface area contributed by atoms with Gasteiger partial charge in [-0.1, -0.05) is 66.7 Å². The first-order valence-corrected chi connectivity index (χ1v) is 13.3. The van der Waals surface area contributed by atoms with Crippen LogP contribution in [0, 0.1) is 9.49 Å². The number of halogens is 2. The lowest BCUT2D eigenvalue weighted by molar-refractivity contribution is -0.946. The van der Waals surface area contributed by atoms with Crippen molar-refractivity contribution in [3.8, 4) is 5.75 Å². The lowest BCUT2D eigenvalue weighted by atomic mass is 9.82. The average Bonchev–Trinajstić information content (AvgIpc) is 2.90. The molecule has 7 heteroatoms. The number of hydrogen-bond acceptors (Lipinski definition) is 4. The molecular weight excluding hydrogens is 633 g/mol. The molecular formula is C29H31BrINO4. The van der Waals surface area contributed by atoms with Gasteiger partial charge in [0, 0.05) is 22.3 Å². The van der Waals surface area contributed by atoms with Crippen molar-refractivity contribution in [3.63, 3.8) is 0 Å². The summed E-state index contributed by atoms with van der Waals surface area (Å²) in [6.45, 7) is 4.44. The van der Waals surface area contributed by atoms with E-state index in [1.165, 1.54) is 0 Å². The molecule has 1 N–H and O–H groups in total. The molecule has 2 bridgehead atoms. The Bertz CT molecular complexity index is 1110. The Morgan fingerprint density at radius 3 is 2.14 bits per heavy atom. The van der Waals surface area contributed by atoms with Gasteiger partial charge in [-0.15, -0.1) is 0 Å². The van der Waals surface area contributed by atoms with E-state index in [9.17, 15) is 9.90 Å². The first-order chi connectivity index (χ1) is 17.0. The number of quaternary nitrogens is 1. The standard InChI is InChI=1S/C29H31INO4.BrH/c30-25-12-7-13-26(20-25)34-19-18-31-16-14-22(15-17-31)27(21-31)35-28(32)29(33,23-8-3-1-4-9-23)24-10-5-2-6-11-24;/h1-13,20,22,27,33H,14-19,21H2;1H/q+1;/p-1. The Hall–Kier alpha value is -1.94. The lowest BCUT2D eigenvalue weighted by Gasteiger charge is -2.52. The van der Waals surface area contributed by atoms with Gasteiger partial charge in [0.25, 0.3) is 0 Å². The van der Waals surface area contributed by atoms with Crippen LogP contribution in [-0.2, 0) is 15.1 Å². The van der Waals surface area contributed by atoms with Crippen LogP contribution >= 0.6 is 22.6 Å². The highest BCUT2D eigenvalue weighted by atomic mass is 127. The number of aliphatic hydroxyl groups is 1. The van der Waals surface area contributed by atoms with Crippen LogP contribution in [0.5, 0.6) is 5.75 Å². The molecule has 3 aromatic rings. The van der Waals surface area contributed by atoms with Crippen LogP contribution in [0.15, 0.2) is 84.9 Å². The van der Waals surface area contributed by atoms with E-state index in [0.29, 0.717) is 23.7 Å². The zero-order valence-corrected chi connectivity index (χ0v) is 23.8. The number of carbonyl (C=O) groups excluding carboxylic acids is 1. The maximum absolute atomic E-state index is 13.6. The molecule has 3 fully saturated rings. The zero-order chi connectivity index (χ0) is 24.3. The summed E-state index contributed by atoms with van der Waals surface area (Å²) in [5.41, 5.74) is -0.799. The summed E-state index contributed by atoms with van der Waals surface area (Å²) < 4.78 is 14.3. The molecule has 0 amide bonds. The van der Waals surface area contributed by atoms with Gasteiger partial charge < -0.3 is 36.0 Å². The molecule has 3 aromatic carbocycles. The summed E-state index contributed by atoms with van der Waals surface area (Å²) in [6, 6.07) is 26.3. The number of esters is 1. The molecule has 3 aliphatic heterocycles. The van der Waals surface area contributed by atoms with Gasteiger partial charge in [0.05, 0.1) is 13.1 Å². The van der Waals surface area contributed by atoms with E-state index >= 15 is 0 Å². The van der Waals surface area contributed by atoms with Crippen LogP contribution in [0.25, 0.3) is 0 Å². The minimum absolute atomic E-state index is 0. The second-order valence-electron chi connectivity index (χ2n) is 9.72. The van der Waals surface area contributed by atoms with Crippen LogP contribution in [0.2, 0.25) is 0 Å². The maximum atomic E-state index is 13.6. The van der Waals surface area contributed by atoms with Crippen molar-refractivity contribution in [2.24, 2.45) is 5.92 Å². The molecule has 190 valence electrons. The predicted octanol–water partition coefficient (Wildman–Crippen LogP) is 1.76. The van der Waals surface area contributed by atoms with E-state index in [2.05, 4.69) is 28.7 Å². The molecule has 1 atom stereocenters. The predicted molar refractivity (Wildman–Crippen MR) is 143 cm³/mol. The van der Waals surface area contributed by atoms with E-state index in [1.807, 2.05) is 54.6 Å². The third-order valence-electron chi connectivity index (χ3n) is 7.61. The minimum atomic E-state index is -1.84. The maximum Gasteiger partial charge on any atom is 0.348 e. The van der Waals surface area contributed by atoms with Crippen LogP contribution in [-0.4, -0.2) is 54.4 Å². The highest BCUT2D eigenvalue weighted by Gasteiger charge is 2.50. The fourth-order valence-electron chi connectivity index (χ4n) is 5.57. The normalized spacial score (nSPS) is 22.9. The SMILES string of the molecule is O=C(OC1C[N+]2(CCOc3cccc(I)c3)CCC1CC2)C(O)(c1ccccc1)c1ccccc1.[Br-]. The molecule has 0 aliphatic carbocycles. The number of ether oxygens (including phenoxy) is 2. The van der Waals surface area contributed by atoms with Gasteiger partial charge in [-0.05, 0) is 51.9 Å². The van der Waals surface area contributed by atoms with E-state index in [-0.39, 0.29) is 23.1 Å². The summed E-state index contributed by atoms with van der Waals surface area (Å²) in [5.74, 6) is 0.633. The lowest BCUT2D eigenvalue weighted by Crippen LogP contribution is -3.00. The fourth-order valence-corrected chi connectivity index (χ4v) is 6.08. The van der Waals surface area contributed by atoms with Crippen molar-refractivity contribution in [2.45, 2.75) is 24.5 Å². The summed E-state index contributed by atoms with van der Waals surface area (Å²) in [4.78, 5) is 13.6. The quantitative estimate of drug-likeness (QED) is 0.227. The number of fused-ring (bicyclic) bond motifs is 3. The van der Waals surface area contributed by atoms with Crippen molar-refractivity contribution in [3.05, 3.63) is 99.6 Å². The van der Waals surface area contributed by atoms with Crippen molar-refractivity contribution < 1.29 is 40.8 Å². The topological polar surface area (TPSA) is 55.8 Å². The molecule has 0 spiro atoms. The highest BCUT2D eigenvalue weighted by Crippen LogP contribution is 2.38. The first-order valence-electron chi connectivity index (χ1n) is 12.3. The fraction of sp³-hybridized carbons (Fsp3) is 0.345. The molecule has 0 radical (unpaired) electrons. The molecule has 1 unspecified atom stereocenters. The van der Waals surface area contributed by atoms with E-state index in [4.69, 9.17) is 9.47 Å². The van der Waals surface area contributed by atoms with Gasteiger partial charge in [0.2, 0.25) is 5.60 Å². The molecule has 0 saturated carbocycles. The number of nitrogens with zero attached hydrogens (tertiary/aromatic N) is 1. The average molecular weight is 664 g/mol. The molecule has 6 rings (SSSR count). The molecule has 3 heterocycles. The number of piperidine rings is 3.